The highest BCUT2D eigenvalue weighted by Crippen LogP contribution is 2.34. The fraction of sp³-hybridized carbons (Fsp3) is 0.350. The average molecular weight is 403 g/mol. The molecule has 0 bridgehead atoms. The summed E-state index contributed by atoms with van der Waals surface area (Å²) in [6.45, 7) is 0.615. The fourth-order valence-electron chi connectivity index (χ4n) is 3.64. The minimum absolute atomic E-state index is 0.164. The lowest BCUT2D eigenvalue weighted by atomic mass is 10.0. The van der Waals surface area contributed by atoms with E-state index in [2.05, 4.69) is 10.3 Å². The summed E-state index contributed by atoms with van der Waals surface area (Å²) < 4.78 is 20.2. The number of halogens is 2. The molecule has 1 fully saturated rings. The standard InChI is InChI=1S/C20H20ClFN4O2/c1-25-19(15(21)12-23-25)20(27)26-10-4-2-3-5-17(26)16-11-18(28-24-16)13-6-8-14(22)9-7-13/h6-9,11-12,17H,2-5,10H2,1H3/t17-/m1/s1. The van der Waals surface area contributed by atoms with Crippen LogP contribution in [0.25, 0.3) is 11.3 Å². The number of carbonyl (C=O) groups excluding carboxylic acids is 1. The maximum absolute atomic E-state index is 13.2. The molecule has 3 aromatic rings. The summed E-state index contributed by atoms with van der Waals surface area (Å²) in [6, 6.07) is 7.66. The summed E-state index contributed by atoms with van der Waals surface area (Å²) in [7, 11) is 1.70. The van der Waals surface area contributed by atoms with Gasteiger partial charge in [-0.25, -0.2) is 4.39 Å². The number of aryl methyl sites for hydroxylation is 1. The number of hydrogen-bond acceptors (Lipinski definition) is 4. The van der Waals surface area contributed by atoms with Crippen LogP contribution in [0.5, 0.6) is 0 Å². The second kappa shape index (κ2) is 7.75. The van der Waals surface area contributed by atoms with Crippen molar-refractivity contribution in [2.45, 2.75) is 31.7 Å². The smallest absolute Gasteiger partial charge is 0.274 e. The minimum atomic E-state index is -0.308. The highest BCUT2D eigenvalue weighted by atomic mass is 35.5. The summed E-state index contributed by atoms with van der Waals surface area (Å²) in [6.07, 6.45) is 5.22. The number of nitrogens with zero attached hydrogens (tertiary/aromatic N) is 4. The monoisotopic (exact) mass is 402 g/mol. The van der Waals surface area contributed by atoms with Crippen molar-refractivity contribution in [1.29, 1.82) is 0 Å². The van der Waals surface area contributed by atoms with Gasteiger partial charge in [0, 0.05) is 25.2 Å². The summed E-state index contributed by atoms with van der Waals surface area (Å²) in [5, 5.41) is 8.63. The molecule has 0 saturated carbocycles. The number of likely N-dealkylation sites (tertiary alicyclic amines) is 1. The average Bonchev–Trinajstić information content (AvgIpc) is 3.21. The Morgan fingerprint density at radius 2 is 2.04 bits per heavy atom. The molecule has 4 rings (SSSR count). The molecule has 3 heterocycles. The summed E-state index contributed by atoms with van der Waals surface area (Å²) >= 11 is 6.19. The van der Waals surface area contributed by atoms with Crippen LogP contribution >= 0.6 is 11.6 Å². The summed E-state index contributed by atoms with van der Waals surface area (Å²) in [4.78, 5) is 15.0. The van der Waals surface area contributed by atoms with Crippen LogP contribution in [0.1, 0.15) is 47.9 Å². The first-order valence-corrected chi connectivity index (χ1v) is 9.63. The molecule has 1 aliphatic heterocycles. The number of rotatable bonds is 3. The van der Waals surface area contributed by atoms with Gasteiger partial charge in [0.1, 0.15) is 17.2 Å². The Bertz CT molecular complexity index is 963. The predicted molar refractivity (Wildman–Crippen MR) is 102 cm³/mol. The van der Waals surface area contributed by atoms with Gasteiger partial charge in [0.05, 0.1) is 17.3 Å². The fourth-order valence-corrected chi connectivity index (χ4v) is 3.89. The zero-order valence-corrected chi connectivity index (χ0v) is 16.2. The van der Waals surface area contributed by atoms with Crippen molar-refractivity contribution in [3.05, 3.63) is 58.8 Å². The molecule has 0 unspecified atom stereocenters. The molecule has 0 spiro atoms. The van der Waals surface area contributed by atoms with Crippen molar-refractivity contribution in [2.24, 2.45) is 7.05 Å². The van der Waals surface area contributed by atoms with Crippen LogP contribution in [0.3, 0.4) is 0 Å². The number of aromatic nitrogens is 3. The van der Waals surface area contributed by atoms with Gasteiger partial charge in [0.15, 0.2) is 5.76 Å². The van der Waals surface area contributed by atoms with Gasteiger partial charge in [-0.1, -0.05) is 29.6 Å². The van der Waals surface area contributed by atoms with Crippen molar-refractivity contribution >= 4 is 17.5 Å². The van der Waals surface area contributed by atoms with Crippen LogP contribution < -0.4 is 0 Å². The molecule has 28 heavy (non-hydrogen) atoms. The van der Waals surface area contributed by atoms with Crippen molar-refractivity contribution in [2.75, 3.05) is 6.54 Å². The Hall–Kier alpha value is -2.67. The van der Waals surface area contributed by atoms with E-state index in [0.717, 1.165) is 31.2 Å². The van der Waals surface area contributed by atoms with Crippen molar-refractivity contribution in [3.63, 3.8) is 0 Å². The molecule has 6 nitrogen and oxygen atoms in total. The van der Waals surface area contributed by atoms with E-state index in [1.54, 1.807) is 19.2 Å². The molecule has 1 amide bonds. The van der Waals surface area contributed by atoms with Crippen LogP contribution in [0, 0.1) is 5.82 Å². The van der Waals surface area contributed by atoms with E-state index in [-0.39, 0.29) is 17.8 Å². The molecule has 2 aromatic heterocycles. The van der Waals surface area contributed by atoms with Gasteiger partial charge in [-0.15, -0.1) is 0 Å². The topological polar surface area (TPSA) is 64.2 Å². The number of amides is 1. The SMILES string of the molecule is Cn1ncc(Cl)c1C(=O)N1CCCCC[C@@H]1c1cc(-c2ccc(F)cc2)on1. The van der Waals surface area contributed by atoms with Crippen LogP contribution in [-0.2, 0) is 7.05 Å². The Labute approximate surface area is 166 Å². The first kappa shape index (κ1) is 18.7. The van der Waals surface area contributed by atoms with Gasteiger partial charge in [0.25, 0.3) is 5.91 Å². The van der Waals surface area contributed by atoms with Crippen LogP contribution in [0.15, 0.2) is 41.1 Å². The van der Waals surface area contributed by atoms with E-state index in [4.69, 9.17) is 16.1 Å². The predicted octanol–water partition coefficient (Wildman–Crippen LogP) is 4.63. The lowest BCUT2D eigenvalue weighted by molar-refractivity contribution is 0.0663. The molecule has 146 valence electrons. The lowest BCUT2D eigenvalue weighted by Gasteiger charge is -2.28. The molecule has 1 saturated heterocycles. The van der Waals surface area contributed by atoms with Crippen LogP contribution in [-0.4, -0.2) is 32.3 Å². The lowest BCUT2D eigenvalue weighted by Crippen LogP contribution is -2.36. The Morgan fingerprint density at radius 3 is 2.75 bits per heavy atom. The van der Waals surface area contributed by atoms with Gasteiger partial charge in [-0.2, -0.15) is 5.10 Å². The highest BCUT2D eigenvalue weighted by molar-refractivity contribution is 6.33. The number of hydrogen-bond donors (Lipinski definition) is 0. The second-order valence-corrected chi connectivity index (χ2v) is 7.36. The Morgan fingerprint density at radius 1 is 1.25 bits per heavy atom. The molecule has 0 N–H and O–H groups in total. The number of carbonyl (C=O) groups is 1. The molecule has 1 aliphatic rings. The third-order valence-electron chi connectivity index (χ3n) is 5.11. The highest BCUT2D eigenvalue weighted by Gasteiger charge is 2.32. The van der Waals surface area contributed by atoms with Crippen molar-refractivity contribution < 1.29 is 13.7 Å². The van der Waals surface area contributed by atoms with Crippen molar-refractivity contribution in [3.8, 4) is 11.3 Å². The molecule has 1 atom stereocenters. The van der Waals surface area contributed by atoms with E-state index in [1.807, 2.05) is 11.0 Å². The molecular weight excluding hydrogens is 383 g/mol. The maximum Gasteiger partial charge on any atom is 0.274 e. The minimum Gasteiger partial charge on any atom is -0.356 e. The van der Waals surface area contributed by atoms with E-state index in [9.17, 15) is 9.18 Å². The Balaban J connectivity index is 1.66. The molecule has 8 heteroatoms. The van der Waals surface area contributed by atoms with Gasteiger partial charge in [-0.05, 0) is 37.1 Å². The second-order valence-electron chi connectivity index (χ2n) is 6.95. The first-order chi connectivity index (χ1) is 13.5. The van der Waals surface area contributed by atoms with E-state index < -0.39 is 0 Å². The Kier molecular flexibility index (Phi) is 5.17. The van der Waals surface area contributed by atoms with Gasteiger partial charge in [0.2, 0.25) is 0 Å². The van der Waals surface area contributed by atoms with Gasteiger partial charge in [-0.3, -0.25) is 9.48 Å². The third-order valence-corrected chi connectivity index (χ3v) is 5.39. The molecule has 1 aromatic carbocycles. The van der Waals surface area contributed by atoms with E-state index in [0.29, 0.717) is 28.7 Å². The van der Waals surface area contributed by atoms with Crippen LogP contribution in [0.2, 0.25) is 5.02 Å². The van der Waals surface area contributed by atoms with Gasteiger partial charge < -0.3 is 9.42 Å². The maximum atomic E-state index is 13.2. The molecular formula is C20H20ClFN4O2. The van der Waals surface area contributed by atoms with Crippen LogP contribution in [0.4, 0.5) is 4.39 Å². The molecule has 0 radical (unpaired) electrons. The summed E-state index contributed by atoms with van der Waals surface area (Å²) in [5.41, 5.74) is 1.80. The normalized spacial score (nSPS) is 17.5. The largest absolute Gasteiger partial charge is 0.356 e. The molecule has 0 aliphatic carbocycles. The zero-order valence-electron chi connectivity index (χ0n) is 15.4. The zero-order chi connectivity index (χ0) is 19.7. The van der Waals surface area contributed by atoms with E-state index >= 15 is 0 Å². The van der Waals surface area contributed by atoms with Gasteiger partial charge >= 0.3 is 0 Å². The number of benzene rings is 1. The first-order valence-electron chi connectivity index (χ1n) is 9.25. The van der Waals surface area contributed by atoms with E-state index in [1.165, 1.54) is 23.0 Å². The summed E-state index contributed by atoms with van der Waals surface area (Å²) in [5.74, 6) is 0.0746. The quantitative estimate of drug-likeness (QED) is 0.641. The van der Waals surface area contributed by atoms with Crippen molar-refractivity contribution in [1.82, 2.24) is 19.8 Å². The third kappa shape index (κ3) is 3.54.